The first kappa shape index (κ1) is 20.3. The number of rotatable bonds is 9. The van der Waals surface area contributed by atoms with Crippen molar-refractivity contribution in [2.45, 2.75) is 45.6 Å². The van der Waals surface area contributed by atoms with Gasteiger partial charge in [0.1, 0.15) is 0 Å². The second-order valence-electron chi connectivity index (χ2n) is 7.97. The van der Waals surface area contributed by atoms with Gasteiger partial charge in [0.25, 0.3) is 0 Å². The van der Waals surface area contributed by atoms with Gasteiger partial charge in [-0.3, -0.25) is 4.79 Å². The van der Waals surface area contributed by atoms with Gasteiger partial charge in [0.05, 0.1) is 0 Å². The van der Waals surface area contributed by atoms with Gasteiger partial charge in [-0.15, -0.1) is 0 Å². The second kappa shape index (κ2) is 9.70. The predicted octanol–water partition coefficient (Wildman–Crippen LogP) is 5.49. The Hall–Kier alpha value is -1.39. The van der Waals surface area contributed by atoms with Crippen molar-refractivity contribution < 1.29 is 9.90 Å². The molecule has 2 bridgehead atoms. The highest BCUT2D eigenvalue weighted by Crippen LogP contribution is 2.45. The maximum absolute atomic E-state index is 10.7. The smallest absolute Gasteiger partial charge is 0.303 e. The molecule has 0 heterocycles. The van der Waals surface area contributed by atoms with Gasteiger partial charge in [-0.2, -0.15) is 0 Å². The van der Waals surface area contributed by atoms with Crippen LogP contribution in [-0.2, 0) is 11.3 Å². The van der Waals surface area contributed by atoms with Crippen molar-refractivity contribution in [1.82, 2.24) is 5.32 Å². The molecule has 3 nitrogen and oxygen atoms in total. The number of carbonyl (C=O) groups is 1. The molecule has 0 aromatic heterocycles. The van der Waals surface area contributed by atoms with Crippen molar-refractivity contribution in [2.24, 2.45) is 23.7 Å². The largest absolute Gasteiger partial charge is 0.481 e. The first-order valence-electron chi connectivity index (χ1n) is 10.1. The lowest BCUT2D eigenvalue weighted by molar-refractivity contribution is -0.137. The summed E-state index contributed by atoms with van der Waals surface area (Å²) in [5.41, 5.74) is 2.58. The second-order valence-corrected chi connectivity index (χ2v) is 8.83. The van der Waals surface area contributed by atoms with Gasteiger partial charge in [0.2, 0.25) is 0 Å². The minimum Gasteiger partial charge on any atom is -0.481 e. The van der Waals surface area contributed by atoms with Gasteiger partial charge in [0, 0.05) is 17.4 Å². The molecule has 0 amide bonds. The van der Waals surface area contributed by atoms with Crippen LogP contribution < -0.4 is 5.32 Å². The minimum atomic E-state index is -0.701. The lowest BCUT2D eigenvalue weighted by Gasteiger charge is -2.44. The summed E-state index contributed by atoms with van der Waals surface area (Å²) in [6, 6.07) is 6.53. The third-order valence-corrected chi connectivity index (χ3v) is 6.74. The molecule has 0 aliphatic heterocycles. The number of unbranched alkanes of at least 4 members (excludes halogenated alkanes) is 1. The van der Waals surface area contributed by atoms with Gasteiger partial charge in [-0.1, -0.05) is 52.4 Å². The molecule has 4 heteroatoms. The molecule has 2 N–H and O–H groups in total. The third kappa shape index (κ3) is 5.55. The molecule has 3 aliphatic rings. The van der Waals surface area contributed by atoms with Crippen LogP contribution in [0.25, 0.3) is 0 Å². The number of hydrogen-bond acceptors (Lipinski definition) is 2. The van der Waals surface area contributed by atoms with E-state index in [4.69, 9.17) is 5.11 Å². The van der Waals surface area contributed by atoms with Crippen molar-refractivity contribution in [2.75, 3.05) is 6.54 Å². The zero-order valence-electron chi connectivity index (χ0n) is 16.0. The van der Waals surface area contributed by atoms with Crippen molar-refractivity contribution in [3.63, 3.8) is 0 Å². The third-order valence-electron chi connectivity index (χ3n) is 6.00. The van der Waals surface area contributed by atoms with E-state index in [0.29, 0.717) is 23.7 Å². The number of halogens is 1. The normalized spacial score (nSPS) is 26.7. The van der Waals surface area contributed by atoms with E-state index in [1.54, 1.807) is 0 Å². The van der Waals surface area contributed by atoms with Crippen LogP contribution in [0, 0.1) is 30.6 Å². The molecule has 1 aromatic rings. The van der Waals surface area contributed by atoms with Crippen molar-refractivity contribution in [3.05, 3.63) is 58.1 Å². The van der Waals surface area contributed by atoms with E-state index in [1.807, 2.05) is 0 Å². The van der Waals surface area contributed by atoms with Crippen LogP contribution in [0.2, 0.25) is 0 Å². The molecule has 0 saturated heterocycles. The van der Waals surface area contributed by atoms with Crippen LogP contribution in [0.1, 0.15) is 43.2 Å². The number of aliphatic carboxylic acids is 1. The number of nitrogens with one attached hydrogen (secondary N) is 1. The van der Waals surface area contributed by atoms with E-state index in [1.165, 1.54) is 28.4 Å². The Bertz CT molecular complexity index is 712. The number of allylic oxidation sites excluding steroid dienone is 4. The van der Waals surface area contributed by atoms with Gasteiger partial charge in [0.15, 0.2) is 0 Å². The van der Waals surface area contributed by atoms with Gasteiger partial charge in [-0.25, -0.2) is 0 Å². The minimum absolute atomic E-state index is 0.261. The van der Waals surface area contributed by atoms with Crippen LogP contribution in [0.5, 0.6) is 0 Å². The van der Waals surface area contributed by atoms with Crippen molar-refractivity contribution in [3.8, 4) is 0 Å². The van der Waals surface area contributed by atoms with E-state index in [9.17, 15) is 4.79 Å². The molecule has 1 saturated carbocycles. The molecule has 0 spiro atoms. The molecule has 146 valence electrons. The molecule has 0 unspecified atom stereocenters. The van der Waals surface area contributed by atoms with Crippen LogP contribution in [0.3, 0.4) is 0 Å². The average Bonchev–Trinajstić information content (AvgIpc) is 2.64. The fourth-order valence-corrected chi connectivity index (χ4v) is 5.14. The highest BCUT2D eigenvalue weighted by atomic mass is 79.9. The summed E-state index contributed by atoms with van der Waals surface area (Å²) >= 11 is 3.67. The van der Waals surface area contributed by atoms with E-state index in [-0.39, 0.29) is 6.42 Å². The highest BCUT2D eigenvalue weighted by Gasteiger charge is 2.38. The molecule has 4 atom stereocenters. The van der Waals surface area contributed by atoms with E-state index in [2.05, 4.69) is 70.7 Å². The molecule has 27 heavy (non-hydrogen) atoms. The summed E-state index contributed by atoms with van der Waals surface area (Å²) in [6.45, 7) is 4.02. The maximum atomic E-state index is 10.7. The van der Waals surface area contributed by atoms with E-state index in [0.717, 1.165) is 25.9 Å². The number of fused-ring (bicyclic) bond motifs is 2. The number of benzene rings is 1. The molecule has 3 aliphatic carbocycles. The first-order chi connectivity index (χ1) is 13.0. The van der Waals surface area contributed by atoms with Gasteiger partial charge >= 0.3 is 5.97 Å². The van der Waals surface area contributed by atoms with Crippen molar-refractivity contribution in [1.29, 1.82) is 0 Å². The van der Waals surface area contributed by atoms with Crippen LogP contribution >= 0.6 is 15.9 Å². The van der Waals surface area contributed by atoms with E-state index < -0.39 is 5.97 Å². The Morgan fingerprint density at radius 1 is 1.30 bits per heavy atom. The molecule has 1 aromatic carbocycles. The summed E-state index contributed by atoms with van der Waals surface area (Å²) in [4.78, 5) is 10.7. The van der Waals surface area contributed by atoms with Crippen molar-refractivity contribution >= 4 is 21.9 Å². The monoisotopic (exact) mass is 431 g/mol. The summed E-state index contributed by atoms with van der Waals surface area (Å²) in [7, 11) is 0. The molecule has 4 rings (SSSR count). The predicted molar refractivity (Wildman–Crippen MR) is 114 cm³/mol. The number of aryl methyl sites for hydroxylation is 1. The standard InChI is InChI=1S/C23H30BrNO2/c1-16-7-8-19(22(24)13-16)14-25-15-21-18-11-9-17(10-12-18)20(21)5-3-2-4-6-23(26)27/h3,5,7-9,11,13,17-18,20-21,25H,2,4,6,10,12,14-15H2,1H3,(H,26,27)/b5-3-/t17-,18+,20-,21-/m0/s1. The SMILES string of the molecule is Cc1ccc(CNC[C@@H]2[C@@H](/C=C\CCCC(=O)O)[C@H]3C=C[C@@H]2CC3)c(Br)c1. The molecular weight excluding hydrogens is 402 g/mol. The van der Waals surface area contributed by atoms with Crippen LogP contribution in [-0.4, -0.2) is 17.6 Å². The zero-order chi connectivity index (χ0) is 19.2. The first-order valence-corrected chi connectivity index (χ1v) is 10.9. The Balaban J connectivity index is 1.55. The Morgan fingerprint density at radius 3 is 2.78 bits per heavy atom. The lowest BCUT2D eigenvalue weighted by Crippen LogP contribution is -2.41. The van der Waals surface area contributed by atoms with Crippen LogP contribution in [0.15, 0.2) is 47.0 Å². The Labute approximate surface area is 171 Å². The fraction of sp³-hybridized carbons (Fsp3) is 0.522. The van der Waals surface area contributed by atoms with Gasteiger partial charge in [-0.05, 0) is 80.0 Å². The molecule has 0 radical (unpaired) electrons. The lowest BCUT2D eigenvalue weighted by atomic mass is 9.62. The summed E-state index contributed by atoms with van der Waals surface area (Å²) in [6.07, 6.45) is 13.9. The Morgan fingerprint density at radius 2 is 2.07 bits per heavy atom. The van der Waals surface area contributed by atoms with E-state index >= 15 is 0 Å². The molecule has 1 fully saturated rings. The number of hydrogen-bond donors (Lipinski definition) is 2. The Kier molecular flexibility index (Phi) is 7.31. The maximum Gasteiger partial charge on any atom is 0.303 e. The topological polar surface area (TPSA) is 49.3 Å². The highest BCUT2D eigenvalue weighted by molar-refractivity contribution is 9.10. The average molecular weight is 432 g/mol. The summed E-state index contributed by atoms with van der Waals surface area (Å²) < 4.78 is 1.18. The zero-order valence-corrected chi connectivity index (χ0v) is 17.6. The van der Waals surface area contributed by atoms with Crippen LogP contribution in [0.4, 0.5) is 0 Å². The summed E-state index contributed by atoms with van der Waals surface area (Å²) in [5, 5.41) is 12.5. The fourth-order valence-electron chi connectivity index (χ4n) is 4.51. The quantitative estimate of drug-likeness (QED) is 0.401. The van der Waals surface area contributed by atoms with Gasteiger partial charge < -0.3 is 10.4 Å². The summed E-state index contributed by atoms with van der Waals surface area (Å²) in [5.74, 6) is 1.81. The number of carboxylic acids is 1. The molecular formula is C23H30BrNO2. The number of carboxylic acid groups (broad SMARTS) is 1.